The first-order valence-corrected chi connectivity index (χ1v) is 10.8. The van der Waals surface area contributed by atoms with Gasteiger partial charge in [-0.05, 0) is 17.5 Å². The highest BCUT2D eigenvalue weighted by Gasteiger charge is 2.10. The van der Waals surface area contributed by atoms with E-state index in [1.807, 2.05) is 0 Å². The summed E-state index contributed by atoms with van der Waals surface area (Å²) in [4.78, 5) is 6.69. The fraction of sp³-hybridized carbons (Fsp3) is 0.682. The summed E-state index contributed by atoms with van der Waals surface area (Å²) in [5.41, 5.74) is 2.58. The summed E-state index contributed by atoms with van der Waals surface area (Å²) < 4.78 is 16.4. The number of unbranched alkanes of at least 4 members (excludes halogenated alkanes) is 1. The Balaban J connectivity index is 0.00000450. The van der Waals surface area contributed by atoms with E-state index in [-0.39, 0.29) is 24.0 Å². The third-order valence-electron chi connectivity index (χ3n) is 4.77. The molecule has 2 rings (SSSR count). The van der Waals surface area contributed by atoms with Gasteiger partial charge in [0.05, 0.1) is 33.0 Å². The van der Waals surface area contributed by atoms with Gasteiger partial charge in [0.2, 0.25) is 0 Å². The van der Waals surface area contributed by atoms with Gasteiger partial charge in [-0.15, -0.1) is 24.0 Å². The van der Waals surface area contributed by atoms with E-state index in [2.05, 4.69) is 51.7 Å². The van der Waals surface area contributed by atoms with E-state index in [0.29, 0.717) is 26.4 Å². The van der Waals surface area contributed by atoms with Gasteiger partial charge in [0, 0.05) is 46.4 Å². The zero-order chi connectivity index (χ0) is 20.6. The van der Waals surface area contributed by atoms with Gasteiger partial charge in [-0.1, -0.05) is 37.6 Å². The molecule has 1 aliphatic rings. The van der Waals surface area contributed by atoms with Crippen LogP contribution < -0.4 is 10.6 Å². The summed E-state index contributed by atoms with van der Waals surface area (Å²) in [5, 5.41) is 6.61. The maximum Gasteiger partial charge on any atom is 0.191 e. The first kappa shape index (κ1) is 27.1. The van der Waals surface area contributed by atoms with Crippen LogP contribution in [0.25, 0.3) is 0 Å². The average molecular weight is 534 g/mol. The standard InChI is InChI=1S/C22H38N4O3.HI/c1-3-4-12-27-16-17-28-13-9-24-22(23-2)25-18-20-5-7-21(8-6-20)19-26-10-14-29-15-11-26;/h5-8H,3-4,9-19H2,1-2H3,(H2,23,24,25);1H. The van der Waals surface area contributed by atoms with Crippen LogP contribution >= 0.6 is 24.0 Å². The van der Waals surface area contributed by atoms with Crippen LogP contribution in [0.4, 0.5) is 0 Å². The second kappa shape index (κ2) is 17.7. The number of halogens is 1. The molecule has 172 valence electrons. The molecule has 2 N–H and O–H groups in total. The maximum atomic E-state index is 5.56. The number of hydrogen-bond donors (Lipinski definition) is 2. The van der Waals surface area contributed by atoms with Crippen molar-refractivity contribution in [3.8, 4) is 0 Å². The number of nitrogens with one attached hydrogen (secondary N) is 2. The summed E-state index contributed by atoms with van der Waals surface area (Å²) in [7, 11) is 1.78. The lowest BCUT2D eigenvalue weighted by Gasteiger charge is -2.26. The highest BCUT2D eigenvalue weighted by atomic mass is 127. The molecule has 0 bridgehead atoms. The van der Waals surface area contributed by atoms with Crippen molar-refractivity contribution in [1.82, 2.24) is 15.5 Å². The molecule has 30 heavy (non-hydrogen) atoms. The van der Waals surface area contributed by atoms with Gasteiger partial charge in [-0.3, -0.25) is 9.89 Å². The van der Waals surface area contributed by atoms with Crippen LogP contribution in [-0.4, -0.2) is 77.2 Å². The zero-order valence-electron chi connectivity index (χ0n) is 18.5. The molecular formula is C22H39IN4O3. The molecule has 0 unspecified atom stereocenters. The van der Waals surface area contributed by atoms with Gasteiger partial charge in [0.1, 0.15) is 0 Å². The SMILES string of the molecule is CCCCOCCOCCNC(=NC)NCc1ccc(CN2CCOCC2)cc1.I. The second-order valence-electron chi connectivity index (χ2n) is 7.14. The van der Waals surface area contributed by atoms with E-state index in [1.165, 1.54) is 11.1 Å². The summed E-state index contributed by atoms with van der Waals surface area (Å²) in [6.45, 7) is 11.1. The number of ether oxygens (including phenoxy) is 3. The molecule has 7 nitrogen and oxygen atoms in total. The smallest absolute Gasteiger partial charge is 0.191 e. The molecule has 0 aliphatic carbocycles. The van der Waals surface area contributed by atoms with E-state index >= 15 is 0 Å². The minimum absolute atomic E-state index is 0. The Morgan fingerprint density at radius 2 is 1.67 bits per heavy atom. The van der Waals surface area contributed by atoms with E-state index < -0.39 is 0 Å². The molecule has 8 heteroatoms. The van der Waals surface area contributed by atoms with Gasteiger partial charge in [0.15, 0.2) is 5.96 Å². The first-order valence-electron chi connectivity index (χ1n) is 10.8. The van der Waals surface area contributed by atoms with E-state index in [9.17, 15) is 0 Å². The Labute approximate surface area is 199 Å². The van der Waals surface area contributed by atoms with Gasteiger partial charge in [-0.2, -0.15) is 0 Å². The van der Waals surface area contributed by atoms with Crippen LogP contribution in [0, 0.1) is 0 Å². The molecule has 0 radical (unpaired) electrons. The minimum Gasteiger partial charge on any atom is -0.379 e. The minimum atomic E-state index is 0. The molecule has 1 aromatic carbocycles. The van der Waals surface area contributed by atoms with Crippen molar-refractivity contribution < 1.29 is 14.2 Å². The monoisotopic (exact) mass is 534 g/mol. The largest absolute Gasteiger partial charge is 0.379 e. The Kier molecular flexibility index (Phi) is 16.0. The number of morpholine rings is 1. The first-order chi connectivity index (χ1) is 14.3. The molecule has 1 saturated heterocycles. The van der Waals surface area contributed by atoms with Crippen LogP contribution in [0.5, 0.6) is 0 Å². The normalized spacial score (nSPS) is 14.9. The predicted octanol–water partition coefficient (Wildman–Crippen LogP) is 2.64. The van der Waals surface area contributed by atoms with E-state index in [4.69, 9.17) is 14.2 Å². The average Bonchev–Trinajstić information content (AvgIpc) is 2.76. The van der Waals surface area contributed by atoms with Crippen molar-refractivity contribution in [1.29, 1.82) is 0 Å². The molecular weight excluding hydrogens is 495 g/mol. The van der Waals surface area contributed by atoms with E-state index in [0.717, 1.165) is 64.8 Å². The quantitative estimate of drug-likeness (QED) is 0.176. The number of nitrogens with zero attached hydrogens (tertiary/aromatic N) is 2. The Hall–Kier alpha value is -0.940. The molecule has 0 spiro atoms. The molecule has 0 amide bonds. The van der Waals surface area contributed by atoms with E-state index in [1.54, 1.807) is 7.05 Å². The number of guanidine groups is 1. The van der Waals surface area contributed by atoms with Crippen LogP contribution in [0.3, 0.4) is 0 Å². The molecule has 0 aromatic heterocycles. The Bertz CT molecular complexity index is 566. The van der Waals surface area contributed by atoms with Gasteiger partial charge < -0.3 is 24.8 Å². The molecule has 0 saturated carbocycles. The fourth-order valence-corrected chi connectivity index (χ4v) is 3.00. The summed E-state index contributed by atoms with van der Waals surface area (Å²) >= 11 is 0. The van der Waals surface area contributed by atoms with Crippen molar-refractivity contribution in [2.75, 3.05) is 66.3 Å². The number of benzene rings is 1. The van der Waals surface area contributed by atoms with Crippen LogP contribution in [0.1, 0.15) is 30.9 Å². The highest BCUT2D eigenvalue weighted by molar-refractivity contribution is 14.0. The lowest BCUT2D eigenvalue weighted by atomic mass is 10.1. The lowest BCUT2D eigenvalue weighted by molar-refractivity contribution is 0.0342. The molecule has 1 fully saturated rings. The van der Waals surface area contributed by atoms with Gasteiger partial charge >= 0.3 is 0 Å². The molecule has 1 aromatic rings. The molecule has 1 aliphatic heterocycles. The lowest BCUT2D eigenvalue weighted by Crippen LogP contribution is -2.38. The number of hydrogen-bond acceptors (Lipinski definition) is 5. The maximum absolute atomic E-state index is 5.56. The van der Waals surface area contributed by atoms with Crippen molar-refractivity contribution >= 4 is 29.9 Å². The molecule has 1 heterocycles. The van der Waals surface area contributed by atoms with Gasteiger partial charge in [0.25, 0.3) is 0 Å². The van der Waals surface area contributed by atoms with Crippen molar-refractivity contribution in [2.24, 2.45) is 4.99 Å². The van der Waals surface area contributed by atoms with Crippen molar-refractivity contribution in [3.63, 3.8) is 0 Å². The Morgan fingerprint density at radius 3 is 2.33 bits per heavy atom. The van der Waals surface area contributed by atoms with Gasteiger partial charge in [-0.25, -0.2) is 0 Å². The third kappa shape index (κ3) is 12.0. The second-order valence-corrected chi connectivity index (χ2v) is 7.14. The highest BCUT2D eigenvalue weighted by Crippen LogP contribution is 2.09. The Morgan fingerprint density at radius 1 is 1.00 bits per heavy atom. The van der Waals surface area contributed by atoms with Crippen molar-refractivity contribution in [3.05, 3.63) is 35.4 Å². The fourth-order valence-electron chi connectivity index (χ4n) is 3.00. The molecule has 0 atom stereocenters. The predicted molar refractivity (Wildman–Crippen MR) is 133 cm³/mol. The van der Waals surface area contributed by atoms with Crippen LogP contribution in [0.15, 0.2) is 29.3 Å². The summed E-state index contributed by atoms with van der Waals surface area (Å²) in [5.74, 6) is 0.783. The summed E-state index contributed by atoms with van der Waals surface area (Å²) in [6.07, 6.45) is 2.27. The van der Waals surface area contributed by atoms with Crippen molar-refractivity contribution in [2.45, 2.75) is 32.9 Å². The zero-order valence-corrected chi connectivity index (χ0v) is 20.9. The topological polar surface area (TPSA) is 67.4 Å². The number of rotatable bonds is 13. The number of aliphatic imine (C=N–C) groups is 1. The third-order valence-corrected chi connectivity index (χ3v) is 4.77. The van der Waals surface area contributed by atoms with Crippen LogP contribution in [0.2, 0.25) is 0 Å². The van der Waals surface area contributed by atoms with Crippen LogP contribution in [-0.2, 0) is 27.3 Å². The summed E-state index contributed by atoms with van der Waals surface area (Å²) in [6, 6.07) is 8.77.